The fourth-order valence-corrected chi connectivity index (χ4v) is 1.60. The zero-order valence-electron chi connectivity index (χ0n) is 11.1. The van der Waals surface area contributed by atoms with Crippen molar-refractivity contribution in [2.45, 2.75) is 26.7 Å². The van der Waals surface area contributed by atoms with Gasteiger partial charge >= 0.3 is 0 Å². The molecular weight excluding hydrogens is 231 g/mol. The Bertz CT molecular complexity index is 438. The van der Waals surface area contributed by atoms with Crippen molar-refractivity contribution >= 4 is 5.69 Å². The third-order valence-electron chi connectivity index (χ3n) is 2.84. The molecule has 1 aromatic rings. The largest absolute Gasteiger partial charge is 0.494 e. The lowest BCUT2D eigenvalue weighted by atomic mass is 9.88. The number of ether oxygens (including phenoxy) is 1. The van der Waals surface area contributed by atoms with E-state index in [1.54, 1.807) is 12.1 Å². The Morgan fingerprint density at radius 1 is 1.44 bits per heavy atom. The molecule has 0 atom stereocenters. The number of benzene rings is 1. The average molecular weight is 250 g/mol. The maximum Gasteiger partial charge on any atom is 0.167 e. The van der Waals surface area contributed by atoms with Crippen LogP contribution < -0.4 is 10.1 Å². The number of anilines is 1. The van der Waals surface area contributed by atoms with Crippen LogP contribution in [0.25, 0.3) is 0 Å². The molecule has 3 nitrogen and oxygen atoms in total. The smallest absolute Gasteiger partial charge is 0.167 e. The van der Waals surface area contributed by atoms with Crippen molar-refractivity contribution in [3.8, 4) is 11.8 Å². The van der Waals surface area contributed by atoms with E-state index in [1.165, 1.54) is 13.2 Å². The summed E-state index contributed by atoms with van der Waals surface area (Å²) >= 11 is 0. The van der Waals surface area contributed by atoms with Crippen molar-refractivity contribution in [1.29, 1.82) is 5.26 Å². The van der Waals surface area contributed by atoms with Crippen molar-refractivity contribution < 1.29 is 9.13 Å². The van der Waals surface area contributed by atoms with Gasteiger partial charge in [0.2, 0.25) is 0 Å². The second-order valence-electron chi connectivity index (χ2n) is 5.03. The minimum absolute atomic E-state index is 0.00609. The van der Waals surface area contributed by atoms with Gasteiger partial charge in [0.1, 0.15) is 0 Å². The molecule has 0 radical (unpaired) electrons. The first kappa shape index (κ1) is 14.3. The van der Waals surface area contributed by atoms with Gasteiger partial charge in [-0.05, 0) is 24.0 Å². The third-order valence-corrected chi connectivity index (χ3v) is 2.84. The number of nitriles is 1. The van der Waals surface area contributed by atoms with Crippen LogP contribution >= 0.6 is 0 Å². The first-order valence-electron chi connectivity index (χ1n) is 5.93. The second-order valence-corrected chi connectivity index (χ2v) is 5.03. The molecule has 1 aromatic carbocycles. The van der Waals surface area contributed by atoms with Crippen molar-refractivity contribution in [3.05, 3.63) is 24.0 Å². The van der Waals surface area contributed by atoms with Crippen LogP contribution in [-0.4, -0.2) is 13.7 Å². The normalized spacial score (nSPS) is 10.8. The van der Waals surface area contributed by atoms with Crippen molar-refractivity contribution in [2.24, 2.45) is 5.41 Å². The minimum atomic E-state index is -0.377. The van der Waals surface area contributed by atoms with Gasteiger partial charge in [0.05, 0.1) is 13.2 Å². The summed E-state index contributed by atoms with van der Waals surface area (Å²) in [7, 11) is 1.44. The molecule has 0 spiro atoms. The summed E-state index contributed by atoms with van der Waals surface area (Å²) in [5.74, 6) is -0.137. The molecule has 1 rings (SSSR count). The number of hydrogen-bond donors (Lipinski definition) is 1. The molecule has 0 amide bonds. The summed E-state index contributed by atoms with van der Waals surface area (Å²) < 4.78 is 18.3. The first-order chi connectivity index (χ1) is 8.48. The lowest BCUT2D eigenvalue weighted by Gasteiger charge is -2.24. The lowest BCUT2D eigenvalue weighted by Crippen LogP contribution is -2.22. The number of nitrogens with one attached hydrogen (secondary N) is 1. The van der Waals surface area contributed by atoms with Crippen LogP contribution in [0.4, 0.5) is 10.1 Å². The van der Waals surface area contributed by atoms with E-state index in [2.05, 4.69) is 25.2 Å². The van der Waals surface area contributed by atoms with Crippen molar-refractivity contribution in [2.75, 3.05) is 19.0 Å². The Morgan fingerprint density at radius 2 is 2.17 bits per heavy atom. The first-order valence-corrected chi connectivity index (χ1v) is 5.93. The number of rotatable bonds is 6. The Morgan fingerprint density at radius 3 is 2.72 bits per heavy atom. The summed E-state index contributed by atoms with van der Waals surface area (Å²) in [5.41, 5.74) is 0.727. The summed E-state index contributed by atoms with van der Waals surface area (Å²) in [6, 6.07) is 6.93. The summed E-state index contributed by atoms with van der Waals surface area (Å²) in [4.78, 5) is 0. The molecule has 0 aromatic heterocycles. The number of halogens is 1. The van der Waals surface area contributed by atoms with E-state index in [1.807, 2.05) is 0 Å². The molecule has 0 unspecified atom stereocenters. The van der Waals surface area contributed by atoms with Gasteiger partial charge in [0.15, 0.2) is 11.6 Å². The van der Waals surface area contributed by atoms with E-state index in [0.717, 1.165) is 12.1 Å². The van der Waals surface area contributed by atoms with E-state index in [0.29, 0.717) is 13.0 Å². The van der Waals surface area contributed by atoms with E-state index in [4.69, 9.17) is 10.00 Å². The van der Waals surface area contributed by atoms with Gasteiger partial charge in [0, 0.05) is 24.7 Å². The van der Waals surface area contributed by atoms with Crippen LogP contribution in [0.1, 0.15) is 26.7 Å². The predicted molar refractivity (Wildman–Crippen MR) is 70.1 cm³/mol. The van der Waals surface area contributed by atoms with Crippen LogP contribution in [0.15, 0.2) is 18.2 Å². The molecule has 98 valence electrons. The molecule has 0 heterocycles. The van der Waals surface area contributed by atoms with Gasteiger partial charge in [0.25, 0.3) is 0 Å². The van der Waals surface area contributed by atoms with Gasteiger partial charge in [-0.2, -0.15) is 5.26 Å². The Balaban J connectivity index is 2.58. The Hall–Kier alpha value is -1.76. The quantitative estimate of drug-likeness (QED) is 0.839. The van der Waals surface area contributed by atoms with Crippen molar-refractivity contribution in [3.63, 3.8) is 0 Å². The molecule has 0 fully saturated rings. The highest BCUT2D eigenvalue weighted by Crippen LogP contribution is 2.25. The highest BCUT2D eigenvalue weighted by Gasteiger charge is 2.17. The Labute approximate surface area is 108 Å². The summed E-state index contributed by atoms with van der Waals surface area (Å²) in [6.45, 7) is 4.86. The van der Waals surface area contributed by atoms with E-state index >= 15 is 0 Å². The molecule has 4 heteroatoms. The SMILES string of the molecule is COc1ccc(NCC(C)(C)CCC#N)cc1F. The monoisotopic (exact) mass is 250 g/mol. The molecule has 0 aliphatic heterocycles. The van der Waals surface area contributed by atoms with Crippen LogP contribution in [0, 0.1) is 22.6 Å². The molecule has 0 aliphatic carbocycles. The average Bonchev–Trinajstić information content (AvgIpc) is 2.34. The van der Waals surface area contributed by atoms with Crippen LogP contribution in [0.2, 0.25) is 0 Å². The van der Waals surface area contributed by atoms with Gasteiger partial charge < -0.3 is 10.1 Å². The molecule has 1 N–H and O–H groups in total. The van der Waals surface area contributed by atoms with Gasteiger partial charge in [-0.1, -0.05) is 13.8 Å². The van der Waals surface area contributed by atoms with Crippen LogP contribution in [0.3, 0.4) is 0 Å². The van der Waals surface area contributed by atoms with E-state index in [9.17, 15) is 4.39 Å². The van der Waals surface area contributed by atoms with Gasteiger partial charge in [-0.3, -0.25) is 0 Å². The minimum Gasteiger partial charge on any atom is -0.494 e. The van der Waals surface area contributed by atoms with E-state index < -0.39 is 0 Å². The fourth-order valence-electron chi connectivity index (χ4n) is 1.60. The lowest BCUT2D eigenvalue weighted by molar-refractivity contribution is 0.363. The number of nitrogens with zero attached hydrogens (tertiary/aromatic N) is 1. The summed E-state index contributed by atoms with van der Waals surface area (Å²) in [5, 5.41) is 11.8. The molecule has 0 saturated carbocycles. The third kappa shape index (κ3) is 4.25. The van der Waals surface area contributed by atoms with Crippen LogP contribution in [-0.2, 0) is 0 Å². The topological polar surface area (TPSA) is 45.0 Å². The van der Waals surface area contributed by atoms with Gasteiger partial charge in [-0.25, -0.2) is 4.39 Å². The molecule has 0 aliphatic rings. The number of methoxy groups -OCH3 is 1. The molecule has 18 heavy (non-hydrogen) atoms. The maximum atomic E-state index is 13.5. The second kappa shape index (κ2) is 6.25. The van der Waals surface area contributed by atoms with Crippen LogP contribution in [0.5, 0.6) is 5.75 Å². The fraction of sp³-hybridized carbons (Fsp3) is 0.500. The molecule has 0 saturated heterocycles. The van der Waals surface area contributed by atoms with Crippen molar-refractivity contribution in [1.82, 2.24) is 0 Å². The Kier molecular flexibility index (Phi) is 4.96. The predicted octanol–water partition coefficient (Wildman–Crippen LogP) is 3.58. The molecular formula is C14H19FN2O. The zero-order valence-corrected chi connectivity index (χ0v) is 11.1. The standard InChI is InChI=1S/C14H19FN2O/c1-14(2,7-4-8-16)10-17-11-5-6-13(18-3)12(15)9-11/h5-6,9,17H,4,7,10H2,1-3H3. The van der Waals surface area contributed by atoms with E-state index in [-0.39, 0.29) is 17.0 Å². The number of hydrogen-bond acceptors (Lipinski definition) is 3. The zero-order chi connectivity index (χ0) is 13.6. The maximum absolute atomic E-state index is 13.5. The highest BCUT2D eigenvalue weighted by atomic mass is 19.1. The van der Waals surface area contributed by atoms with Gasteiger partial charge in [-0.15, -0.1) is 0 Å². The molecule has 0 bridgehead atoms. The summed E-state index contributed by atoms with van der Waals surface area (Å²) in [6.07, 6.45) is 1.35. The highest BCUT2D eigenvalue weighted by molar-refractivity contribution is 5.47.